The molecule has 0 aliphatic rings. The molecule has 160 valence electrons. The molecule has 0 bridgehead atoms. The molecule has 2 N–H and O–H groups in total. The minimum atomic E-state index is -3.95. The molecule has 2 rings (SSSR count). The van der Waals surface area contributed by atoms with Crippen LogP contribution in [0.15, 0.2) is 16.5 Å². The minimum Gasteiger partial charge on any atom is -0.493 e. The Bertz CT molecular complexity index is 982. The Kier molecular flexibility index (Phi) is 7.03. The molecule has 0 atom stereocenters. The zero-order valence-electron chi connectivity index (χ0n) is 17.0. The van der Waals surface area contributed by atoms with Crippen molar-refractivity contribution in [3.8, 4) is 17.2 Å². The van der Waals surface area contributed by atoms with Crippen LogP contribution in [0.5, 0.6) is 17.2 Å². The summed E-state index contributed by atoms with van der Waals surface area (Å²) in [7, 11) is 0.448. The molecule has 0 fully saturated rings. The van der Waals surface area contributed by atoms with Crippen molar-refractivity contribution < 1.29 is 27.4 Å². The van der Waals surface area contributed by atoms with Crippen LogP contribution in [0.25, 0.3) is 0 Å². The number of methoxy groups -OCH3 is 3. The number of sulfonamides is 1. The number of carbonyl (C=O) groups excluding carboxylic acids is 1. The Morgan fingerprint density at radius 2 is 1.72 bits per heavy atom. The second-order valence-electron chi connectivity index (χ2n) is 6.90. The lowest BCUT2D eigenvalue weighted by molar-refractivity contribution is -0.123. The number of hydrogen-bond acceptors (Lipinski definition) is 9. The summed E-state index contributed by atoms with van der Waals surface area (Å²) in [5.41, 5.74) is -0.105. The van der Waals surface area contributed by atoms with E-state index in [2.05, 4.69) is 20.2 Å². The summed E-state index contributed by atoms with van der Waals surface area (Å²) >= 11 is 0.763. The van der Waals surface area contributed by atoms with Gasteiger partial charge in [-0.2, -0.15) is 0 Å². The Labute approximate surface area is 173 Å². The standard InChI is InChI=1S/C17H24N4O6S2/c1-17(2,3)14(22)19-15-20-21-16(28-15)29(23,24)18-9-10-7-8-11(25-4)13(27-6)12(10)26-5/h7-8,18H,9H2,1-6H3,(H,19,20,22). The molecular formula is C17H24N4O6S2. The number of ether oxygens (including phenoxy) is 3. The zero-order chi connectivity index (χ0) is 21.8. The van der Waals surface area contributed by atoms with Gasteiger partial charge in [0.25, 0.3) is 10.0 Å². The van der Waals surface area contributed by atoms with Crippen LogP contribution in [0.4, 0.5) is 5.13 Å². The van der Waals surface area contributed by atoms with Crippen LogP contribution in [0.1, 0.15) is 26.3 Å². The van der Waals surface area contributed by atoms with Crippen molar-refractivity contribution in [3.05, 3.63) is 17.7 Å². The van der Waals surface area contributed by atoms with Crippen LogP contribution >= 0.6 is 11.3 Å². The summed E-state index contributed by atoms with van der Waals surface area (Å²) in [4.78, 5) is 12.0. The summed E-state index contributed by atoms with van der Waals surface area (Å²) in [5, 5.41) is 10.1. The van der Waals surface area contributed by atoms with Crippen LogP contribution in [-0.2, 0) is 21.4 Å². The maximum Gasteiger partial charge on any atom is 0.270 e. The molecule has 0 radical (unpaired) electrons. The molecule has 2 aromatic rings. The summed E-state index contributed by atoms with van der Waals surface area (Å²) < 4.78 is 43.2. The number of nitrogens with one attached hydrogen (secondary N) is 2. The SMILES string of the molecule is COc1ccc(CNS(=O)(=O)c2nnc(NC(=O)C(C)(C)C)s2)c(OC)c1OC. The van der Waals surface area contributed by atoms with Gasteiger partial charge in [0, 0.05) is 17.5 Å². The Morgan fingerprint density at radius 3 is 2.28 bits per heavy atom. The quantitative estimate of drug-likeness (QED) is 0.592. The van der Waals surface area contributed by atoms with E-state index in [-0.39, 0.29) is 21.9 Å². The third kappa shape index (κ3) is 5.34. The van der Waals surface area contributed by atoms with Crippen molar-refractivity contribution in [2.24, 2.45) is 5.41 Å². The van der Waals surface area contributed by atoms with E-state index >= 15 is 0 Å². The largest absolute Gasteiger partial charge is 0.493 e. The molecule has 0 aliphatic heterocycles. The van der Waals surface area contributed by atoms with Gasteiger partial charge in [0.05, 0.1) is 21.3 Å². The maximum absolute atomic E-state index is 12.6. The second-order valence-corrected chi connectivity index (χ2v) is 9.81. The van der Waals surface area contributed by atoms with Gasteiger partial charge in [-0.1, -0.05) is 38.2 Å². The van der Waals surface area contributed by atoms with E-state index < -0.39 is 15.4 Å². The average Bonchev–Trinajstić information content (AvgIpc) is 3.14. The van der Waals surface area contributed by atoms with E-state index in [9.17, 15) is 13.2 Å². The van der Waals surface area contributed by atoms with Crippen molar-refractivity contribution in [1.29, 1.82) is 0 Å². The fourth-order valence-electron chi connectivity index (χ4n) is 2.19. The fraction of sp³-hybridized carbons (Fsp3) is 0.471. The van der Waals surface area contributed by atoms with E-state index in [4.69, 9.17) is 14.2 Å². The minimum absolute atomic E-state index is 0.0743. The van der Waals surface area contributed by atoms with Crippen LogP contribution in [0, 0.1) is 5.41 Å². The van der Waals surface area contributed by atoms with Gasteiger partial charge in [0.2, 0.25) is 21.1 Å². The Morgan fingerprint density at radius 1 is 1.07 bits per heavy atom. The van der Waals surface area contributed by atoms with Crippen LogP contribution in [0.2, 0.25) is 0 Å². The highest BCUT2D eigenvalue weighted by atomic mass is 32.2. The summed E-state index contributed by atoms with van der Waals surface area (Å²) in [6.45, 7) is 5.13. The Hall–Kier alpha value is -2.44. The highest BCUT2D eigenvalue weighted by Gasteiger charge is 2.25. The highest BCUT2D eigenvalue weighted by Crippen LogP contribution is 2.39. The lowest BCUT2D eigenvalue weighted by Crippen LogP contribution is -2.27. The van der Waals surface area contributed by atoms with Crippen molar-refractivity contribution >= 4 is 32.4 Å². The topological polar surface area (TPSA) is 129 Å². The lowest BCUT2D eigenvalue weighted by Gasteiger charge is -2.16. The van der Waals surface area contributed by atoms with Gasteiger partial charge in [-0.05, 0) is 6.07 Å². The molecule has 1 heterocycles. The van der Waals surface area contributed by atoms with Gasteiger partial charge in [0.15, 0.2) is 11.5 Å². The molecule has 0 spiro atoms. The van der Waals surface area contributed by atoms with E-state index in [1.165, 1.54) is 21.3 Å². The predicted molar refractivity (Wildman–Crippen MR) is 108 cm³/mol. The van der Waals surface area contributed by atoms with Crippen molar-refractivity contribution in [2.45, 2.75) is 31.7 Å². The van der Waals surface area contributed by atoms with Gasteiger partial charge in [-0.3, -0.25) is 4.79 Å². The third-order valence-electron chi connectivity index (χ3n) is 3.78. The monoisotopic (exact) mass is 444 g/mol. The van der Waals surface area contributed by atoms with Gasteiger partial charge in [0.1, 0.15) is 0 Å². The smallest absolute Gasteiger partial charge is 0.270 e. The van der Waals surface area contributed by atoms with E-state index in [1.807, 2.05) is 0 Å². The van der Waals surface area contributed by atoms with E-state index in [0.717, 1.165) is 11.3 Å². The molecule has 1 amide bonds. The van der Waals surface area contributed by atoms with E-state index in [0.29, 0.717) is 22.8 Å². The summed E-state index contributed by atoms with van der Waals surface area (Å²) in [6.07, 6.45) is 0. The molecular weight excluding hydrogens is 420 g/mol. The van der Waals surface area contributed by atoms with Crippen LogP contribution in [0.3, 0.4) is 0 Å². The maximum atomic E-state index is 12.6. The van der Waals surface area contributed by atoms with Crippen molar-refractivity contribution in [1.82, 2.24) is 14.9 Å². The van der Waals surface area contributed by atoms with Gasteiger partial charge in [-0.25, -0.2) is 13.1 Å². The van der Waals surface area contributed by atoms with Crippen molar-refractivity contribution in [3.63, 3.8) is 0 Å². The average molecular weight is 445 g/mol. The lowest BCUT2D eigenvalue weighted by atomic mass is 9.96. The van der Waals surface area contributed by atoms with Crippen LogP contribution in [-0.4, -0.2) is 45.9 Å². The van der Waals surface area contributed by atoms with Crippen molar-refractivity contribution in [2.75, 3.05) is 26.6 Å². The van der Waals surface area contributed by atoms with Gasteiger partial charge < -0.3 is 19.5 Å². The first-order valence-electron chi connectivity index (χ1n) is 8.46. The zero-order valence-corrected chi connectivity index (χ0v) is 18.7. The molecule has 12 heteroatoms. The second kappa shape index (κ2) is 8.93. The molecule has 1 aromatic heterocycles. The molecule has 1 aromatic carbocycles. The number of aromatic nitrogens is 2. The molecule has 0 aliphatic carbocycles. The number of benzene rings is 1. The van der Waals surface area contributed by atoms with Gasteiger partial charge >= 0.3 is 0 Å². The normalized spacial score (nSPS) is 11.8. The first kappa shape index (κ1) is 22.8. The van der Waals surface area contributed by atoms with E-state index in [1.54, 1.807) is 32.9 Å². The number of anilines is 1. The Balaban J connectivity index is 2.18. The first-order valence-corrected chi connectivity index (χ1v) is 10.8. The molecule has 0 saturated carbocycles. The number of carbonyl (C=O) groups is 1. The molecule has 10 nitrogen and oxygen atoms in total. The highest BCUT2D eigenvalue weighted by molar-refractivity contribution is 7.91. The summed E-state index contributed by atoms with van der Waals surface area (Å²) in [5.74, 6) is 0.875. The first-order chi connectivity index (χ1) is 13.5. The number of amides is 1. The third-order valence-corrected chi connectivity index (χ3v) is 6.38. The molecule has 0 unspecified atom stereocenters. The van der Waals surface area contributed by atoms with Crippen LogP contribution < -0.4 is 24.2 Å². The number of nitrogens with zero attached hydrogens (tertiary/aromatic N) is 2. The summed E-state index contributed by atoms with van der Waals surface area (Å²) in [6, 6.07) is 3.31. The number of rotatable bonds is 8. The molecule has 0 saturated heterocycles. The fourth-order valence-corrected chi connectivity index (χ4v) is 4.13. The molecule has 29 heavy (non-hydrogen) atoms. The predicted octanol–water partition coefficient (Wildman–Crippen LogP) is 2.03. The number of hydrogen-bond donors (Lipinski definition) is 2. The van der Waals surface area contributed by atoms with Gasteiger partial charge in [-0.15, -0.1) is 10.2 Å².